The van der Waals surface area contributed by atoms with Crippen LogP contribution in [0, 0.1) is 0 Å². The van der Waals surface area contributed by atoms with Crippen LogP contribution in [0.25, 0.3) is 5.69 Å². The van der Waals surface area contributed by atoms with Gasteiger partial charge in [0.25, 0.3) is 0 Å². The summed E-state index contributed by atoms with van der Waals surface area (Å²) in [5.74, 6) is 0. The van der Waals surface area contributed by atoms with Gasteiger partial charge in [0, 0.05) is 17.5 Å². The van der Waals surface area contributed by atoms with Crippen LogP contribution in [-0.2, 0) is 24.7 Å². The van der Waals surface area contributed by atoms with Gasteiger partial charge in [0.2, 0.25) is 0 Å². The maximum Gasteiger partial charge on any atom is 0.416 e. The standard InChI is InChI=1S/C19H18F3N5O2S/c1-12(13-6-4-7-14(10-13)19(20,21)22)23-29-11-15-16(8-5-9-17(15)30-3)27-18(28)26(2)24-25-27/h4-10H,11H2,1-3H3/b23-12+. The number of halogens is 3. The summed E-state index contributed by atoms with van der Waals surface area (Å²) in [6, 6.07) is 10.2. The molecule has 0 unspecified atom stereocenters. The zero-order chi connectivity index (χ0) is 21.9. The molecule has 0 N–H and O–H groups in total. The molecule has 158 valence electrons. The lowest BCUT2D eigenvalue weighted by Gasteiger charge is -2.12. The van der Waals surface area contributed by atoms with Crippen LogP contribution in [0.1, 0.15) is 23.6 Å². The van der Waals surface area contributed by atoms with Gasteiger partial charge in [0.15, 0.2) is 0 Å². The number of rotatable bonds is 6. The molecule has 1 heterocycles. The van der Waals surface area contributed by atoms with Crippen LogP contribution >= 0.6 is 11.8 Å². The highest BCUT2D eigenvalue weighted by atomic mass is 32.2. The van der Waals surface area contributed by atoms with Crippen molar-refractivity contribution in [3.05, 3.63) is 69.6 Å². The van der Waals surface area contributed by atoms with Crippen LogP contribution in [-0.4, -0.2) is 31.8 Å². The zero-order valence-corrected chi connectivity index (χ0v) is 17.2. The van der Waals surface area contributed by atoms with Crippen molar-refractivity contribution in [3.8, 4) is 5.69 Å². The first-order valence-electron chi connectivity index (χ1n) is 8.72. The minimum Gasteiger partial charge on any atom is -0.391 e. The van der Waals surface area contributed by atoms with E-state index >= 15 is 0 Å². The van der Waals surface area contributed by atoms with Gasteiger partial charge < -0.3 is 4.84 Å². The van der Waals surface area contributed by atoms with Gasteiger partial charge in [-0.3, -0.25) is 0 Å². The van der Waals surface area contributed by atoms with Crippen molar-refractivity contribution in [2.45, 2.75) is 24.6 Å². The largest absolute Gasteiger partial charge is 0.416 e. The Hall–Kier alpha value is -3.08. The number of tetrazole rings is 1. The van der Waals surface area contributed by atoms with Crippen molar-refractivity contribution in [2.24, 2.45) is 12.2 Å². The molecule has 0 saturated carbocycles. The van der Waals surface area contributed by atoms with E-state index in [0.29, 0.717) is 22.5 Å². The number of hydrogen-bond donors (Lipinski definition) is 0. The van der Waals surface area contributed by atoms with E-state index in [1.165, 1.54) is 30.9 Å². The molecule has 11 heteroatoms. The maximum absolute atomic E-state index is 12.9. The normalized spacial score (nSPS) is 12.3. The van der Waals surface area contributed by atoms with Crippen LogP contribution in [0.5, 0.6) is 0 Å². The number of oxime groups is 1. The van der Waals surface area contributed by atoms with E-state index in [1.54, 1.807) is 19.1 Å². The van der Waals surface area contributed by atoms with Crippen molar-refractivity contribution in [1.82, 2.24) is 19.8 Å². The first kappa shape index (κ1) is 21.6. The number of hydrogen-bond acceptors (Lipinski definition) is 6. The Morgan fingerprint density at radius 2 is 1.93 bits per heavy atom. The van der Waals surface area contributed by atoms with Crippen molar-refractivity contribution in [1.29, 1.82) is 0 Å². The first-order chi connectivity index (χ1) is 14.2. The molecule has 0 aliphatic carbocycles. The van der Waals surface area contributed by atoms with E-state index in [0.717, 1.165) is 26.4 Å². The Bertz CT molecular complexity index is 1140. The smallest absolute Gasteiger partial charge is 0.391 e. The van der Waals surface area contributed by atoms with Crippen molar-refractivity contribution >= 4 is 17.5 Å². The molecule has 0 spiro atoms. The molecule has 0 saturated heterocycles. The highest BCUT2D eigenvalue weighted by molar-refractivity contribution is 7.98. The van der Waals surface area contributed by atoms with Gasteiger partial charge in [-0.25, -0.2) is 4.79 Å². The van der Waals surface area contributed by atoms with E-state index in [2.05, 4.69) is 15.6 Å². The van der Waals surface area contributed by atoms with E-state index < -0.39 is 17.4 Å². The molecule has 3 rings (SSSR count). The molecule has 2 aromatic carbocycles. The predicted molar refractivity (Wildman–Crippen MR) is 107 cm³/mol. The summed E-state index contributed by atoms with van der Waals surface area (Å²) < 4.78 is 41.0. The minimum atomic E-state index is -4.44. The van der Waals surface area contributed by atoms with Crippen molar-refractivity contribution in [2.75, 3.05) is 6.26 Å². The number of nitrogens with zero attached hydrogens (tertiary/aromatic N) is 5. The number of aryl methyl sites for hydroxylation is 1. The Morgan fingerprint density at radius 3 is 2.57 bits per heavy atom. The van der Waals surface area contributed by atoms with Gasteiger partial charge in [-0.05, 0) is 53.4 Å². The van der Waals surface area contributed by atoms with Gasteiger partial charge in [0.05, 0.1) is 17.0 Å². The molecule has 0 atom stereocenters. The lowest BCUT2D eigenvalue weighted by molar-refractivity contribution is -0.137. The summed E-state index contributed by atoms with van der Waals surface area (Å²) in [6.45, 7) is 1.55. The summed E-state index contributed by atoms with van der Waals surface area (Å²) in [7, 11) is 1.49. The van der Waals surface area contributed by atoms with Gasteiger partial charge in [0.1, 0.15) is 6.61 Å². The summed E-state index contributed by atoms with van der Waals surface area (Å²) in [4.78, 5) is 18.5. The summed E-state index contributed by atoms with van der Waals surface area (Å²) in [5.41, 5.74) is 0.569. The zero-order valence-electron chi connectivity index (χ0n) is 16.3. The molecule has 0 aliphatic heterocycles. The van der Waals surface area contributed by atoms with E-state index in [1.807, 2.05) is 12.3 Å². The fourth-order valence-electron chi connectivity index (χ4n) is 2.72. The molecule has 0 fully saturated rings. The molecule has 7 nitrogen and oxygen atoms in total. The second-order valence-electron chi connectivity index (χ2n) is 6.28. The highest BCUT2D eigenvalue weighted by Crippen LogP contribution is 2.30. The average Bonchev–Trinajstić information content (AvgIpc) is 3.05. The van der Waals surface area contributed by atoms with E-state index in [-0.39, 0.29) is 6.61 Å². The van der Waals surface area contributed by atoms with E-state index in [4.69, 9.17) is 4.84 Å². The maximum atomic E-state index is 12.9. The topological polar surface area (TPSA) is 74.3 Å². The third-order valence-corrected chi connectivity index (χ3v) is 5.12. The Morgan fingerprint density at radius 1 is 1.20 bits per heavy atom. The fraction of sp³-hybridized carbons (Fsp3) is 0.263. The molecular formula is C19H18F3N5O2S. The van der Waals surface area contributed by atoms with Crippen LogP contribution in [0.15, 0.2) is 57.3 Å². The summed E-state index contributed by atoms with van der Waals surface area (Å²) >= 11 is 1.45. The Labute approximate surface area is 174 Å². The number of aromatic nitrogens is 4. The predicted octanol–water partition coefficient (Wildman–Crippen LogP) is 3.65. The minimum absolute atomic E-state index is 0.00827. The second-order valence-corrected chi connectivity index (χ2v) is 7.13. The molecule has 1 aromatic heterocycles. The molecule has 3 aromatic rings. The van der Waals surface area contributed by atoms with Gasteiger partial charge in [-0.1, -0.05) is 23.4 Å². The Kier molecular flexibility index (Phi) is 6.30. The first-order valence-corrected chi connectivity index (χ1v) is 9.94. The molecular weight excluding hydrogens is 419 g/mol. The molecule has 0 aliphatic rings. The van der Waals surface area contributed by atoms with E-state index in [9.17, 15) is 18.0 Å². The summed E-state index contributed by atoms with van der Waals surface area (Å²) in [6.07, 6.45) is -2.56. The SMILES string of the molecule is CSc1cccc(-n2nnn(C)c2=O)c1CO/N=C(\C)c1cccc(C(F)(F)F)c1. The second kappa shape index (κ2) is 8.74. The lowest BCUT2D eigenvalue weighted by atomic mass is 10.1. The molecule has 0 amide bonds. The number of thioether (sulfide) groups is 1. The van der Waals surface area contributed by atoms with Crippen LogP contribution in [0.2, 0.25) is 0 Å². The van der Waals surface area contributed by atoms with Crippen molar-refractivity contribution in [3.63, 3.8) is 0 Å². The number of alkyl halides is 3. The van der Waals surface area contributed by atoms with Crippen LogP contribution < -0.4 is 5.69 Å². The third kappa shape index (κ3) is 4.56. The van der Waals surface area contributed by atoms with Gasteiger partial charge >= 0.3 is 11.9 Å². The van der Waals surface area contributed by atoms with Crippen molar-refractivity contribution < 1.29 is 18.0 Å². The molecule has 0 bridgehead atoms. The molecule has 30 heavy (non-hydrogen) atoms. The summed E-state index contributed by atoms with van der Waals surface area (Å²) in [5, 5.41) is 11.5. The quantitative estimate of drug-likeness (QED) is 0.334. The van der Waals surface area contributed by atoms with Gasteiger partial charge in [-0.2, -0.15) is 22.5 Å². The Balaban J connectivity index is 1.87. The fourth-order valence-corrected chi connectivity index (χ4v) is 3.35. The van der Waals surface area contributed by atoms with Crippen LogP contribution in [0.3, 0.4) is 0 Å². The number of benzene rings is 2. The third-order valence-electron chi connectivity index (χ3n) is 4.30. The van der Waals surface area contributed by atoms with Crippen LogP contribution in [0.4, 0.5) is 13.2 Å². The monoisotopic (exact) mass is 437 g/mol. The highest BCUT2D eigenvalue weighted by Gasteiger charge is 2.30. The lowest BCUT2D eigenvalue weighted by Crippen LogP contribution is -2.23. The average molecular weight is 437 g/mol. The molecule has 0 radical (unpaired) electrons. The van der Waals surface area contributed by atoms with Gasteiger partial charge in [-0.15, -0.1) is 11.8 Å².